The van der Waals surface area contributed by atoms with E-state index in [1.165, 1.54) is 6.33 Å². The summed E-state index contributed by atoms with van der Waals surface area (Å²) < 4.78 is 3.44. The quantitative estimate of drug-likeness (QED) is 0.504. The van der Waals surface area contributed by atoms with E-state index >= 15 is 0 Å². The summed E-state index contributed by atoms with van der Waals surface area (Å²) in [7, 11) is 0. The molecule has 0 bridgehead atoms. The van der Waals surface area contributed by atoms with Crippen molar-refractivity contribution < 1.29 is 0 Å². The molecule has 98 valence electrons. The molecule has 0 aliphatic rings. The second-order valence-electron chi connectivity index (χ2n) is 4.44. The van der Waals surface area contributed by atoms with Crippen molar-refractivity contribution >= 4 is 28.3 Å². The van der Waals surface area contributed by atoms with E-state index in [4.69, 9.17) is 11.6 Å². The fraction of sp³-hybridized carbons (Fsp3) is 0.0769. The van der Waals surface area contributed by atoms with Gasteiger partial charge < -0.3 is 0 Å². The maximum atomic E-state index is 6.18. The van der Waals surface area contributed by atoms with Gasteiger partial charge in [0.25, 0.3) is 5.78 Å². The molecule has 0 aliphatic heterocycles. The highest BCUT2D eigenvalue weighted by Gasteiger charge is 2.16. The van der Waals surface area contributed by atoms with Gasteiger partial charge in [0.15, 0.2) is 5.82 Å². The minimum absolute atomic E-state index is 0.403. The van der Waals surface area contributed by atoms with E-state index < -0.39 is 0 Å². The summed E-state index contributed by atoms with van der Waals surface area (Å²) in [4.78, 5) is 8.29. The fourth-order valence-electron chi connectivity index (χ4n) is 2.27. The second-order valence-corrected chi connectivity index (χ2v) is 4.80. The smallest absolute Gasteiger partial charge is 0.214 e. The zero-order chi connectivity index (χ0) is 13.7. The Labute approximate surface area is 118 Å². The molecule has 4 rings (SSSR count). The number of rotatable bonds is 1. The number of benzene rings is 1. The molecule has 0 saturated heterocycles. The number of fused-ring (bicyclic) bond motifs is 2. The van der Waals surface area contributed by atoms with Crippen LogP contribution in [0, 0.1) is 6.92 Å². The van der Waals surface area contributed by atoms with E-state index in [1.807, 2.05) is 37.4 Å². The first kappa shape index (κ1) is 11.4. The third-order valence-corrected chi connectivity index (χ3v) is 3.62. The van der Waals surface area contributed by atoms with Crippen LogP contribution in [-0.2, 0) is 0 Å². The van der Waals surface area contributed by atoms with E-state index in [2.05, 4.69) is 20.2 Å². The Hall–Kier alpha value is -2.47. The van der Waals surface area contributed by atoms with Crippen LogP contribution in [0.15, 0.2) is 36.8 Å². The Morgan fingerprint density at radius 2 is 2.00 bits per heavy atom. The van der Waals surface area contributed by atoms with Crippen LogP contribution in [-0.4, -0.2) is 29.4 Å². The standard InChI is InChI=1S/C13H9ClN6/c1-8-11(14)18-13-15-7-17-20(13)12(8)19-10-5-3-2-4-9(10)6-16-19/h2-7H,1H3. The molecule has 0 N–H and O–H groups in total. The number of hydrogen-bond donors (Lipinski definition) is 0. The highest BCUT2D eigenvalue weighted by Crippen LogP contribution is 2.24. The van der Waals surface area contributed by atoms with Crippen LogP contribution in [0.4, 0.5) is 0 Å². The van der Waals surface area contributed by atoms with Gasteiger partial charge in [-0.1, -0.05) is 29.8 Å². The number of hydrogen-bond acceptors (Lipinski definition) is 4. The van der Waals surface area contributed by atoms with Crippen LogP contribution < -0.4 is 0 Å². The van der Waals surface area contributed by atoms with Gasteiger partial charge in [-0.25, -0.2) is 4.68 Å². The molecule has 0 amide bonds. The summed E-state index contributed by atoms with van der Waals surface area (Å²) >= 11 is 6.18. The topological polar surface area (TPSA) is 60.9 Å². The summed E-state index contributed by atoms with van der Waals surface area (Å²) in [6, 6.07) is 7.96. The third kappa shape index (κ3) is 1.45. The van der Waals surface area contributed by atoms with Crippen LogP contribution in [0.1, 0.15) is 5.56 Å². The molecule has 20 heavy (non-hydrogen) atoms. The third-order valence-electron chi connectivity index (χ3n) is 3.25. The first-order chi connectivity index (χ1) is 9.75. The van der Waals surface area contributed by atoms with Crippen LogP contribution >= 0.6 is 11.6 Å². The highest BCUT2D eigenvalue weighted by atomic mass is 35.5. The van der Waals surface area contributed by atoms with Crippen LogP contribution in [0.2, 0.25) is 5.15 Å². The average Bonchev–Trinajstić information content (AvgIpc) is 3.07. The molecule has 6 nitrogen and oxygen atoms in total. The van der Waals surface area contributed by atoms with Crippen molar-refractivity contribution in [2.45, 2.75) is 6.92 Å². The molecule has 7 heteroatoms. The normalized spacial score (nSPS) is 11.5. The lowest BCUT2D eigenvalue weighted by molar-refractivity contribution is 0.789. The molecule has 0 atom stereocenters. The van der Waals surface area contributed by atoms with Crippen molar-refractivity contribution in [3.8, 4) is 5.82 Å². The van der Waals surface area contributed by atoms with Gasteiger partial charge in [-0.15, -0.1) is 0 Å². The van der Waals surface area contributed by atoms with E-state index in [1.54, 1.807) is 9.20 Å². The SMILES string of the molecule is Cc1c(Cl)nc2ncnn2c1-n1ncc2ccccc21. The molecular formula is C13H9ClN6. The van der Waals surface area contributed by atoms with Gasteiger partial charge in [0, 0.05) is 10.9 Å². The van der Waals surface area contributed by atoms with Crippen molar-refractivity contribution in [3.05, 3.63) is 47.5 Å². The Morgan fingerprint density at radius 1 is 1.15 bits per heavy atom. The summed E-state index contributed by atoms with van der Waals surface area (Å²) in [6.45, 7) is 1.89. The van der Waals surface area contributed by atoms with Crippen molar-refractivity contribution in [2.75, 3.05) is 0 Å². The maximum Gasteiger partial charge on any atom is 0.255 e. The monoisotopic (exact) mass is 284 g/mol. The lowest BCUT2D eigenvalue weighted by Crippen LogP contribution is -2.09. The van der Waals surface area contributed by atoms with Crippen molar-refractivity contribution in [3.63, 3.8) is 0 Å². The summed E-state index contributed by atoms with van der Waals surface area (Å²) in [5.41, 5.74) is 1.79. The fourth-order valence-corrected chi connectivity index (χ4v) is 2.43. The van der Waals surface area contributed by atoms with Gasteiger partial charge in [0.1, 0.15) is 11.5 Å². The van der Waals surface area contributed by atoms with E-state index in [0.717, 1.165) is 22.3 Å². The maximum absolute atomic E-state index is 6.18. The lowest BCUT2D eigenvalue weighted by atomic mass is 10.2. The van der Waals surface area contributed by atoms with Crippen LogP contribution in [0.25, 0.3) is 22.5 Å². The van der Waals surface area contributed by atoms with E-state index in [-0.39, 0.29) is 0 Å². The molecule has 0 fully saturated rings. The second kappa shape index (κ2) is 4.01. The predicted octanol–water partition coefficient (Wildman–Crippen LogP) is 2.43. The van der Waals surface area contributed by atoms with Crippen molar-refractivity contribution in [1.29, 1.82) is 0 Å². The molecule has 1 aromatic carbocycles. The Kier molecular flexibility index (Phi) is 2.28. The number of nitrogens with zero attached hydrogens (tertiary/aromatic N) is 6. The van der Waals surface area contributed by atoms with E-state index in [9.17, 15) is 0 Å². The zero-order valence-electron chi connectivity index (χ0n) is 10.5. The van der Waals surface area contributed by atoms with Gasteiger partial charge in [-0.3, -0.25) is 0 Å². The van der Waals surface area contributed by atoms with E-state index in [0.29, 0.717) is 10.9 Å². The molecule has 0 radical (unpaired) electrons. The number of aromatic nitrogens is 6. The molecule has 0 unspecified atom stereocenters. The molecule has 0 saturated carbocycles. The Balaban J connectivity index is 2.16. The van der Waals surface area contributed by atoms with Gasteiger partial charge in [-0.05, 0) is 13.0 Å². The largest absolute Gasteiger partial charge is 0.255 e. The lowest BCUT2D eigenvalue weighted by Gasteiger charge is -2.10. The minimum atomic E-state index is 0.403. The van der Waals surface area contributed by atoms with Crippen molar-refractivity contribution in [2.24, 2.45) is 0 Å². The van der Waals surface area contributed by atoms with Gasteiger partial charge >= 0.3 is 0 Å². The molecular weight excluding hydrogens is 276 g/mol. The van der Waals surface area contributed by atoms with Gasteiger partial charge in [-0.2, -0.15) is 24.7 Å². The number of para-hydroxylation sites is 1. The predicted molar refractivity (Wildman–Crippen MR) is 75.2 cm³/mol. The van der Waals surface area contributed by atoms with Crippen LogP contribution in [0.5, 0.6) is 0 Å². The Morgan fingerprint density at radius 3 is 2.90 bits per heavy atom. The van der Waals surface area contributed by atoms with Crippen LogP contribution in [0.3, 0.4) is 0 Å². The molecule has 4 aromatic rings. The summed E-state index contributed by atoms with van der Waals surface area (Å²) in [6.07, 6.45) is 3.26. The summed E-state index contributed by atoms with van der Waals surface area (Å²) in [5.74, 6) is 1.20. The van der Waals surface area contributed by atoms with Crippen molar-refractivity contribution in [1.82, 2.24) is 29.4 Å². The first-order valence-electron chi connectivity index (χ1n) is 6.04. The average molecular weight is 285 g/mol. The highest BCUT2D eigenvalue weighted by molar-refractivity contribution is 6.30. The van der Waals surface area contributed by atoms with Gasteiger partial charge in [0.2, 0.25) is 0 Å². The molecule has 3 aromatic heterocycles. The Bertz CT molecular complexity index is 938. The summed E-state index contributed by atoms with van der Waals surface area (Å²) in [5, 5.41) is 10.1. The number of halogens is 1. The minimum Gasteiger partial charge on any atom is -0.214 e. The first-order valence-corrected chi connectivity index (χ1v) is 6.42. The molecule has 0 spiro atoms. The molecule has 3 heterocycles. The zero-order valence-corrected chi connectivity index (χ0v) is 11.3. The van der Waals surface area contributed by atoms with Gasteiger partial charge in [0.05, 0.1) is 11.7 Å². The molecule has 0 aliphatic carbocycles.